The molecule has 150 valence electrons. The number of aromatic nitrogens is 2. The van der Waals surface area contributed by atoms with Crippen molar-refractivity contribution in [2.75, 3.05) is 6.61 Å². The maximum Gasteiger partial charge on any atom is 0.0691 e. The molecule has 0 bridgehead atoms. The Labute approximate surface area is 177 Å². The molecule has 3 heterocycles. The van der Waals surface area contributed by atoms with Crippen LogP contribution in [0.3, 0.4) is 0 Å². The monoisotopic (exact) mass is 442 g/mol. The topological polar surface area (TPSA) is 35.0 Å². The summed E-state index contributed by atoms with van der Waals surface area (Å²) in [5.74, 6) is 0. The van der Waals surface area contributed by atoms with Crippen LogP contribution in [0.25, 0.3) is 0 Å². The van der Waals surface area contributed by atoms with Gasteiger partial charge >= 0.3 is 0 Å². The van der Waals surface area contributed by atoms with Gasteiger partial charge in [-0.2, -0.15) is 0 Å². The molecule has 1 unspecified atom stereocenters. The normalized spacial score (nSPS) is 23.9. The fraction of sp³-hybridized carbons (Fsp3) is 0.583. The Kier molecular flexibility index (Phi) is 6.17. The van der Waals surface area contributed by atoms with Crippen LogP contribution in [0.5, 0.6) is 0 Å². The van der Waals surface area contributed by atoms with Crippen molar-refractivity contribution in [1.82, 2.24) is 9.97 Å². The second-order valence-corrected chi connectivity index (χ2v) is 9.63. The lowest BCUT2D eigenvalue weighted by molar-refractivity contribution is -0.104. The van der Waals surface area contributed by atoms with Gasteiger partial charge in [0.15, 0.2) is 0 Å². The van der Waals surface area contributed by atoms with E-state index in [4.69, 9.17) is 9.72 Å². The second kappa shape index (κ2) is 8.62. The van der Waals surface area contributed by atoms with Crippen molar-refractivity contribution in [2.24, 2.45) is 0 Å². The second-order valence-electron chi connectivity index (χ2n) is 8.78. The first kappa shape index (κ1) is 20.0. The first-order valence-corrected chi connectivity index (χ1v) is 11.6. The summed E-state index contributed by atoms with van der Waals surface area (Å²) in [6.07, 6.45) is 16.0. The summed E-state index contributed by atoms with van der Waals surface area (Å²) in [4.78, 5) is 9.30. The number of hydrogen-bond acceptors (Lipinski definition) is 3. The molecule has 3 nitrogen and oxygen atoms in total. The third-order valence-corrected chi connectivity index (χ3v) is 7.63. The molecule has 1 aliphatic heterocycles. The van der Waals surface area contributed by atoms with E-state index in [1.54, 1.807) is 0 Å². The molecule has 0 radical (unpaired) electrons. The Hall–Kier alpha value is -1.26. The zero-order chi connectivity index (χ0) is 19.5. The largest absolute Gasteiger partial charge is 0.375 e. The zero-order valence-electron chi connectivity index (χ0n) is 16.9. The highest BCUT2D eigenvalue weighted by molar-refractivity contribution is 9.10. The number of nitrogens with zero attached hydrogens (tertiary/aromatic N) is 2. The third-order valence-electron chi connectivity index (χ3n) is 6.83. The molecule has 0 aromatic carbocycles. The van der Waals surface area contributed by atoms with Gasteiger partial charge in [-0.15, -0.1) is 0 Å². The van der Waals surface area contributed by atoms with Crippen molar-refractivity contribution in [3.8, 4) is 0 Å². The van der Waals surface area contributed by atoms with Gasteiger partial charge < -0.3 is 4.74 Å². The zero-order valence-corrected chi connectivity index (χ0v) is 18.5. The van der Waals surface area contributed by atoms with Crippen LogP contribution in [0.15, 0.2) is 41.1 Å². The van der Waals surface area contributed by atoms with E-state index < -0.39 is 0 Å². The highest BCUT2D eigenvalue weighted by atomic mass is 79.9. The first-order valence-electron chi connectivity index (χ1n) is 10.8. The SMILES string of the molecule is Cc1ncc(CCCCC2(c3ccccn3)CCOC3(CCCC3)C2)cc1Br. The van der Waals surface area contributed by atoms with Crippen LogP contribution < -0.4 is 0 Å². The summed E-state index contributed by atoms with van der Waals surface area (Å²) in [6, 6.07) is 8.65. The van der Waals surface area contributed by atoms with Crippen LogP contribution in [-0.4, -0.2) is 22.2 Å². The molecule has 2 aliphatic rings. The maximum atomic E-state index is 6.36. The number of unbranched alkanes of at least 4 members (excludes halogenated alkanes) is 1. The molecule has 1 aliphatic carbocycles. The lowest BCUT2D eigenvalue weighted by Crippen LogP contribution is -2.46. The smallest absolute Gasteiger partial charge is 0.0691 e. The van der Waals surface area contributed by atoms with E-state index in [2.05, 4.69) is 39.1 Å². The average molecular weight is 443 g/mol. The first-order chi connectivity index (χ1) is 13.6. The molecule has 1 saturated heterocycles. The van der Waals surface area contributed by atoms with E-state index in [1.807, 2.05) is 25.4 Å². The van der Waals surface area contributed by atoms with Gasteiger partial charge in [-0.3, -0.25) is 9.97 Å². The molecule has 2 aromatic rings. The van der Waals surface area contributed by atoms with Crippen molar-refractivity contribution in [2.45, 2.75) is 82.1 Å². The molecule has 0 N–H and O–H groups in total. The lowest BCUT2D eigenvalue weighted by Gasteiger charge is -2.46. The quantitative estimate of drug-likeness (QED) is 0.490. The molecule has 0 amide bonds. The maximum absolute atomic E-state index is 6.36. The van der Waals surface area contributed by atoms with E-state index in [9.17, 15) is 0 Å². The molecule has 2 fully saturated rings. The Morgan fingerprint density at radius 3 is 2.71 bits per heavy atom. The number of pyridine rings is 2. The van der Waals surface area contributed by atoms with Crippen LogP contribution in [0, 0.1) is 6.92 Å². The number of aryl methyl sites for hydroxylation is 2. The highest BCUT2D eigenvalue weighted by Gasteiger charge is 2.48. The minimum atomic E-state index is 0.113. The predicted octanol–water partition coefficient (Wildman–Crippen LogP) is 6.32. The Morgan fingerprint density at radius 2 is 1.96 bits per heavy atom. The molecule has 28 heavy (non-hydrogen) atoms. The van der Waals surface area contributed by atoms with Crippen LogP contribution >= 0.6 is 15.9 Å². The molecule has 1 spiro atoms. The predicted molar refractivity (Wildman–Crippen MR) is 117 cm³/mol. The Morgan fingerprint density at radius 1 is 1.11 bits per heavy atom. The van der Waals surface area contributed by atoms with Crippen molar-refractivity contribution < 1.29 is 4.74 Å². The number of halogens is 1. The van der Waals surface area contributed by atoms with Gasteiger partial charge in [-0.1, -0.05) is 25.3 Å². The number of hydrogen-bond donors (Lipinski definition) is 0. The number of ether oxygens (including phenoxy) is 1. The van der Waals surface area contributed by atoms with Crippen LogP contribution in [0.4, 0.5) is 0 Å². The standard InChI is InChI=1S/C24H31BrN2O/c1-19-21(25)16-20(17-27-19)8-2-4-10-23(22-9-3-7-14-26-22)13-15-28-24(18-23)11-5-6-12-24/h3,7,9,14,16-17H,2,4-6,8,10-13,15,18H2,1H3. The summed E-state index contributed by atoms with van der Waals surface area (Å²) in [7, 11) is 0. The third kappa shape index (κ3) is 4.33. The van der Waals surface area contributed by atoms with Gasteiger partial charge in [0.05, 0.1) is 11.3 Å². The number of rotatable bonds is 6. The lowest BCUT2D eigenvalue weighted by atomic mass is 9.67. The summed E-state index contributed by atoms with van der Waals surface area (Å²) in [5, 5.41) is 0. The van der Waals surface area contributed by atoms with E-state index in [-0.39, 0.29) is 11.0 Å². The summed E-state index contributed by atoms with van der Waals surface area (Å²) >= 11 is 3.61. The Balaban J connectivity index is 1.45. The molecule has 2 aromatic heterocycles. The van der Waals surface area contributed by atoms with Crippen molar-refractivity contribution >= 4 is 15.9 Å². The van der Waals surface area contributed by atoms with Crippen molar-refractivity contribution in [3.63, 3.8) is 0 Å². The van der Waals surface area contributed by atoms with Crippen molar-refractivity contribution in [3.05, 3.63) is 58.1 Å². The summed E-state index contributed by atoms with van der Waals surface area (Å²) < 4.78 is 7.48. The molecule has 1 atom stereocenters. The van der Waals surface area contributed by atoms with Crippen LogP contribution in [0.2, 0.25) is 0 Å². The molecule has 4 heteroatoms. The fourth-order valence-corrected chi connectivity index (χ4v) is 5.67. The van der Waals surface area contributed by atoms with Crippen molar-refractivity contribution in [1.29, 1.82) is 0 Å². The average Bonchev–Trinajstić information content (AvgIpc) is 3.16. The fourth-order valence-electron chi connectivity index (χ4n) is 5.27. The highest BCUT2D eigenvalue weighted by Crippen LogP contribution is 2.50. The molecule has 1 saturated carbocycles. The van der Waals surface area contributed by atoms with Gasteiger partial charge in [-0.25, -0.2) is 0 Å². The molecule has 4 rings (SSSR count). The summed E-state index contributed by atoms with van der Waals surface area (Å²) in [5.41, 5.74) is 3.95. The van der Waals surface area contributed by atoms with E-state index in [0.717, 1.165) is 36.0 Å². The van der Waals surface area contributed by atoms with Crippen LogP contribution in [0.1, 0.15) is 74.7 Å². The minimum absolute atomic E-state index is 0.113. The minimum Gasteiger partial charge on any atom is -0.375 e. The summed E-state index contributed by atoms with van der Waals surface area (Å²) in [6.45, 7) is 2.92. The molecular formula is C24H31BrN2O. The molecular weight excluding hydrogens is 412 g/mol. The Bertz CT molecular complexity index is 788. The van der Waals surface area contributed by atoms with E-state index in [1.165, 1.54) is 56.2 Å². The van der Waals surface area contributed by atoms with Gasteiger partial charge in [0.1, 0.15) is 0 Å². The van der Waals surface area contributed by atoms with E-state index >= 15 is 0 Å². The van der Waals surface area contributed by atoms with Gasteiger partial charge in [0.2, 0.25) is 0 Å². The van der Waals surface area contributed by atoms with Gasteiger partial charge in [-0.05, 0) is 91.6 Å². The van der Waals surface area contributed by atoms with Crippen LogP contribution in [-0.2, 0) is 16.6 Å². The van der Waals surface area contributed by atoms with E-state index in [0.29, 0.717) is 0 Å². The van der Waals surface area contributed by atoms with Gasteiger partial charge in [0, 0.05) is 34.6 Å². The van der Waals surface area contributed by atoms with Gasteiger partial charge in [0.25, 0.3) is 0 Å².